The molecule has 6 heteroatoms. The summed E-state index contributed by atoms with van der Waals surface area (Å²) in [6.45, 7) is 0. The molecular formula is C24H30N2O4. The van der Waals surface area contributed by atoms with E-state index in [4.69, 9.17) is 20.9 Å². The molecule has 1 aliphatic carbocycles. The molecule has 30 heavy (non-hydrogen) atoms. The van der Waals surface area contributed by atoms with Crippen LogP contribution in [0.3, 0.4) is 0 Å². The van der Waals surface area contributed by atoms with Crippen molar-refractivity contribution >= 4 is 23.3 Å². The molecule has 160 valence electrons. The number of rotatable bonds is 8. The Morgan fingerprint density at radius 3 is 1.33 bits per heavy atom. The highest BCUT2D eigenvalue weighted by molar-refractivity contribution is 5.73. The van der Waals surface area contributed by atoms with E-state index < -0.39 is 0 Å². The molecule has 0 bridgehead atoms. The lowest BCUT2D eigenvalue weighted by Crippen LogP contribution is -2.18. The van der Waals surface area contributed by atoms with Gasteiger partial charge < -0.3 is 20.9 Å². The van der Waals surface area contributed by atoms with E-state index in [1.54, 1.807) is 48.5 Å². The Morgan fingerprint density at radius 1 is 0.667 bits per heavy atom. The van der Waals surface area contributed by atoms with E-state index in [2.05, 4.69) is 0 Å². The molecule has 0 amide bonds. The van der Waals surface area contributed by atoms with Crippen LogP contribution >= 0.6 is 0 Å². The number of ether oxygens (including phenoxy) is 2. The minimum atomic E-state index is -0.202. The highest BCUT2D eigenvalue weighted by Gasteiger charge is 2.23. The lowest BCUT2D eigenvalue weighted by Gasteiger charge is -2.28. The molecule has 3 rings (SSSR count). The predicted octanol–water partition coefficient (Wildman–Crippen LogP) is 4.73. The largest absolute Gasteiger partial charge is 0.427 e. The smallest absolute Gasteiger partial charge is 0.311 e. The predicted molar refractivity (Wildman–Crippen MR) is 117 cm³/mol. The standard InChI is InChI=1S/C24H30N2O4/c25-19-7-11-21(12-8-19)29-23(27)15-5-17-1-2-18(4-3-17)6-16-24(28)30-22-13-9-20(26)10-14-22/h7-14,17-18H,1-6,15-16,25-26H2. The summed E-state index contributed by atoms with van der Waals surface area (Å²) in [5.41, 5.74) is 12.6. The fraction of sp³-hybridized carbons (Fsp3) is 0.417. The van der Waals surface area contributed by atoms with Crippen LogP contribution < -0.4 is 20.9 Å². The molecule has 1 aliphatic rings. The summed E-state index contributed by atoms with van der Waals surface area (Å²) in [4.78, 5) is 24.1. The number of carbonyl (C=O) groups excluding carboxylic acids is 2. The number of hydrogen-bond acceptors (Lipinski definition) is 6. The number of hydrogen-bond donors (Lipinski definition) is 2. The van der Waals surface area contributed by atoms with E-state index >= 15 is 0 Å². The van der Waals surface area contributed by atoms with E-state index in [1.165, 1.54) is 0 Å². The van der Waals surface area contributed by atoms with Gasteiger partial charge in [0.2, 0.25) is 0 Å². The van der Waals surface area contributed by atoms with Gasteiger partial charge in [-0.05, 0) is 73.2 Å². The Bertz CT molecular complexity index is 754. The van der Waals surface area contributed by atoms with Crippen LogP contribution in [-0.4, -0.2) is 11.9 Å². The van der Waals surface area contributed by atoms with Crippen molar-refractivity contribution in [1.82, 2.24) is 0 Å². The molecule has 0 aromatic heterocycles. The van der Waals surface area contributed by atoms with E-state index in [1.807, 2.05) is 0 Å². The van der Waals surface area contributed by atoms with Crippen LogP contribution in [0.4, 0.5) is 11.4 Å². The van der Waals surface area contributed by atoms with Crippen LogP contribution in [0.2, 0.25) is 0 Å². The van der Waals surface area contributed by atoms with E-state index in [9.17, 15) is 9.59 Å². The first-order valence-corrected chi connectivity index (χ1v) is 10.6. The van der Waals surface area contributed by atoms with Gasteiger partial charge in [0.1, 0.15) is 11.5 Å². The minimum Gasteiger partial charge on any atom is -0.427 e. The highest BCUT2D eigenvalue weighted by atomic mass is 16.5. The number of nitrogens with two attached hydrogens (primary N) is 2. The van der Waals surface area contributed by atoms with Gasteiger partial charge in [-0.3, -0.25) is 9.59 Å². The van der Waals surface area contributed by atoms with Gasteiger partial charge in [-0.15, -0.1) is 0 Å². The van der Waals surface area contributed by atoms with Crippen molar-refractivity contribution in [2.45, 2.75) is 51.4 Å². The second kappa shape index (κ2) is 10.7. The highest BCUT2D eigenvalue weighted by Crippen LogP contribution is 2.34. The maximum absolute atomic E-state index is 12.0. The van der Waals surface area contributed by atoms with Crippen molar-refractivity contribution in [3.05, 3.63) is 48.5 Å². The lowest BCUT2D eigenvalue weighted by atomic mass is 9.78. The molecule has 1 saturated carbocycles. The average molecular weight is 411 g/mol. The first kappa shape index (κ1) is 21.7. The Hall–Kier alpha value is -3.02. The van der Waals surface area contributed by atoms with Crippen LogP contribution in [0.1, 0.15) is 51.4 Å². The molecule has 0 radical (unpaired) electrons. The molecule has 0 saturated heterocycles. The van der Waals surface area contributed by atoms with Crippen molar-refractivity contribution in [1.29, 1.82) is 0 Å². The first-order chi connectivity index (χ1) is 14.5. The van der Waals surface area contributed by atoms with Gasteiger partial charge >= 0.3 is 11.9 Å². The normalized spacial score (nSPS) is 18.5. The summed E-state index contributed by atoms with van der Waals surface area (Å²) in [5.74, 6) is 1.75. The fourth-order valence-corrected chi connectivity index (χ4v) is 3.89. The molecule has 0 unspecified atom stereocenters. The van der Waals surface area contributed by atoms with Crippen LogP contribution in [-0.2, 0) is 9.59 Å². The Kier molecular flexibility index (Phi) is 7.71. The monoisotopic (exact) mass is 410 g/mol. The SMILES string of the molecule is Nc1ccc(OC(=O)CCC2CCC(CCC(=O)Oc3ccc(N)cc3)CC2)cc1. The van der Waals surface area contributed by atoms with Gasteiger partial charge in [0, 0.05) is 24.2 Å². The Balaban J connectivity index is 1.29. The van der Waals surface area contributed by atoms with Crippen LogP contribution in [0.25, 0.3) is 0 Å². The third-order valence-corrected chi connectivity index (χ3v) is 5.70. The quantitative estimate of drug-likeness (QED) is 0.370. The summed E-state index contributed by atoms with van der Waals surface area (Å²) in [6, 6.07) is 13.7. The summed E-state index contributed by atoms with van der Waals surface area (Å²) in [5, 5.41) is 0. The first-order valence-electron chi connectivity index (χ1n) is 10.6. The molecule has 0 heterocycles. The summed E-state index contributed by atoms with van der Waals surface area (Å²) >= 11 is 0. The Labute approximate surface area is 177 Å². The second-order valence-electron chi connectivity index (χ2n) is 8.05. The summed E-state index contributed by atoms with van der Waals surface area (Å²) in [7, 11) is 0. The number of nitrogen functional groups attached to an aromatic ring is 2. The van der Waals surface area contributed by atoms with Crippen molar-refractivity contribution in [3.8, 4) is 11.5 Å². The molecule has 1 fully saturated rings. The zero-order chi connectivity index (χ0) is 21.3. The van der Waals surface area contributed by atoms with Gasteiger partial charge in [0.05, 0.1) is 0 Å². The van der Waals surface area contributed by atoms with Crippen LogP contribution in [0.15, 0.2) is 48.5 Å². The van der Waals surface area contributed by atoms with Crippen molar-refractivity contribution in [2.75, 3.05) is 11.5 Å². The van der Waals surface area contributed by atoms with Gasteiger partial charge in [-0.2, -0.15) is 0 Å². The molecule has 6 nitrogen and oxygen atoms in total. The van der Waals surface area contributed by atoms with Gasteiger partial charge in [-0.1, -0.05) is 25.7 Å². The Morgan fingerprint density at radius 2 is 1.00 bits per heavy atom. The second-order valence-corrected chi connectivity index (χ2v) is 8.05. The number of anilines is 2. The number of esters is 2. The van der Waals surface area contributed by atoms with Crippen molar-refractivity contribution in [3.63, 3.8) is 0 Å². The zero-order valence-electron chi connectivity index (χ0n) is 17.2. The van der Waals surface area contributed by atoms with Crippen LogP contribution in [0.5, 0.6) is 11.5 Å². The third kappa shape index (κ3) is 7.10. The number of benzene rings is 2. The fourth-order valence-electron chi connectivity index (χ4n) is 3.89. The van der Waals surface area contributed by atoms with Gasteiger partial charge in [-0.25, -0.2) is 0 Å². The van der Waals surface area contributed by atoms with E-state index in [0.717, 1.165) is 38.5 Å². The molecule has 0 aliphatic heterocycles. The van der Waals surface area contributed by atoms with Crippen molar-refractivity contribution in [2.24, 2.45) is 11.8 Å². The average Bonchev–Trinajstić information content (AvgIpc) is 2.75. The topological polar surface area (TPSA) is 105 Å². The van der Waals surface area contributed by atoms with Gasteiger partial charge in [0.15, 0.2) is 0 Å². The third-order valence-electron chi connectivity index (χ3n) is 5.70. The maximum Gasteiger partial charge on any atom is 0.311 e. The summed E-state index contributed by atoms with van der Waals surface area (Å²) in [6.07, 6.45) is 6.90. The van der Waals surface area contributed by atoms with Crippen LogP contribution in [0, 0.1) is 11.8 Å². The van der Waals surface area contributed by atoms with Crippen molar-refractivity contribution < 1.29 is 19.1 Å². The zero-order valence-corrected chi connectivity index (χ0v) is 17.2. The van der Waals surface area contributed by atoms with E-state index in [-0.39, 0.29) is 11.9 Å². The molecule has 2 aromatic rings. The lowest BCUT2D eigenvalue weighted by molar-refractivity contribution is -0.135. The minimum absolute atomic E-state index is 0.202. The number of carbonyl (C=O) groups is 2. The molecular weight excluding hydrogens is 380 g/mol. The van der Waals surface area contributed by atoms with E-state index in [0.29, 0.717) is 47.6 Å². The maximum atomic E-state index is 12.0. The molecule has 0 atom stereocenters. The summed E-state index contributed by atoms with van der Waals surface area (Å²) < 4.78 is 10.7. The molecule has 2 aromatic carbocycles. The molecule has 0 spiro atoms. The van der Waals surface area contributed by atoms with Gasteiger partial charge in [0.25, 0.3) is 0 Å². The molecule has 4 N–H and O–H groups in total.